The number of carbonyl (C=O) groups is 1. The maximum Gasteiger partial charge on any atom is 0.339 e. The van der Waals surface area contributed by atoms with Crippen molar-refractivity contribution in [2.24, 2.45) is 0 Å². The third kappa shape index (κ3) is 6.02. The Kier molecular flexibility index (Phi) is 8.64. The second-order valence-corrected chi connectivity index (χ2v) is 8.53. The van der Waals surface area contributed by atoms with Gasteiger partial charge >= 0.3 is 5.97 Å². The molecule has 0 radical (unpaired) electrons. The Bertz CT molecular complexity index is 519. The molecule has 1 fully saturated rings. The van der Waals surface area contributed by atoms with Crippen LogP contribution >= 0.6 is 67.8 Å². The molecule has 4 nitrogen and oxygen atoms in total. The molecule has 0 aliphatic carbocycles. The zero-order chi connectivity index (χ0) is 15.9. The molecule has 0 atom stereocenters. The maximum absolute atomic E-state index is 12.2. The van der Waals surface area contributed by atoms with Gasteiger partial charge in [-0.2, -0.15) is 0 Å². The molecule has 1 heterocycles. The van der Waals surface area contributed by atoms with E-state index in [-0.39, 0.29) is 5.97 Å². The van der Waals surface area contributed by atoms with Crippen LogP contribution in [0.15, 0.2) is 12.1 Å². The van der Waals surface area contributed by atoms with E-state index in [1.807, 2.05) is 6.07 Å². The van der Waals surface area contributed by atoms with Crippen molar-refractivity contribution in [1.29, 1.82) is 0 Å². The molecule has 0 amide bonds. The highest BCUT2D eigenvalue weighted by atomic mass is 127. The average molecular weight is 641 g/mol. The van der Waals surface area contributed by atoms with Gasteiger partial charge in [-0.3, -0.25) is 4.90 Å². The molecule has 1 aliphatic heterocycles. The number of nitrogens with zero attached hydrogens (tertiary/aromatic N) is 1. The molecule has 2 rings (SSSR count). The van der Waals surface area contributed by atoms with E-state index in [1.165, 1.54) is 0 Å². The van der Waals surface area contributed by atoms with Crippen LogP contribution in [-0.2, 0) is 9.47 Å². The van der Waals surface area contributed by atoms with Gasteiger partial charge in [-0.25, -0.2) is 4.79 Å². The molecule has 0 N–H and O–H groups in total. The van der Waals surface area contributed by atoms with Crippen molar-refractivity contribution in [2.45, 2.75) is 12.8 Å². The second-order valence-electron chi connectivity index (χ2n) is 5.05. The first-order valence-corrected chi connectivity index (χ1v) is 10.4. The largest absolute Gasteiger partial charge is 0.462 e. The van der Waals surface area contributed by atoms with Crippen LogP contribution in [-0.4, -0.2) is 50.3 Å². The van der Waals surface area contributed by atoms with Gasteiger partial charge in [-0.15, -0.1) is 0 Å². The summed E-state index contributed by atoms with van der Waals surface area (Å²) in [6.45, 7) is 5.23. The third-order valence-electron chi connectivity index (χ3n) is 3.42. The number of halogens is 3. The number of benzene rings is 1. The Morgan fingerprint density at radius 3 is 2.64 bits per heavy atom. The van der Waals surface area contributed by atoms with Crippen LogP contribution in [0.1, 0.15) is 23.2 Å². The van der Waals surface area contributed by atoms with Crippen LogP contribution in [0.3, 0.4) is 0 Å². The summed E-state index contributed by atoms with van der Waals surface area (Å²) in [6.07, 6.45) is 1.95. The Morgan fingerprint density at radius 1 is 1.18 bits per heavy atom. The molecule has 7 heteroatoms. The molecule has 0 spiro atoms. The molecule has 1 aromatic rings. The fourth-order valence-electron chi connectivity index (χ4n) is 2.21. The molecule has 0 aromatic heterocycles. The van der Waals surface area contributed by atoms with Crippen molar-refractivity contribution in [3.8, 4) is 0 Å². The maximum atomic E-state index is 12.2. The lowest BCUT2D eigenvalue weighted by molar-refractivity contribution is 0.0348. The van der Waals surface area contributed by atoms with Crippen LogP contribution in [0, 0.1) is 10.7 Å². The molecule has 0 unspecified atom stereocenters. The van der Waals surface area contributed by atoms with E-state index in [9.17, 15) is 4.79 Å². The summed E-state index contributed by atoms with van der Waals surface area (Å²) in [5.41, 5.74) is 0.671. The highest BCUT2D eigenvalue weighted by Gasteiger charge is 2.15. The number of hydrogen-bond donors (Lipinski definition) is 0. The van der Waals surface area contributed by atoms with Gasteiger partial charge < -0.3 is 9.47 Å². The van der Waals surface area contributed by atoms with Crippen molar-refractivity contribution in [3.05, 3.63) is 28.4 Å². The molecule has 0 bridgehead atoms. The zero-order valence-electron chi connectivity index (χ0n) is 12.1. The number of unbranched alkanes of at least 4 members (excludes halogenated alkanes) is 1. The normalized spacial score (nSPS) is 15.8. The molecule has 122 valence electrons. The highest BCUT2D eigenvalue weighted by Crippen LogP contribution is 2.23. The minimum atomic E-state index is -0.216. The van der Waals surface area contributed by atoms with E-state index in [0.29, 0.717) is 12.2 Å². The molecule has 1 aliphatic rings. The highest BCUT2D eigenvalue weighted by molar-refractivity contribution is 14.1. The van der Waals surface area contributed by atoms with Crippen molar-refractivity contribution >= 4 is 73.7 Å². The standard InChI is InChI=1S/C15H18I3NO3/c16-11-9-12(14(18)13(17)10-11)15(20)22-6-2-1-3-19-4-7-21-8-5-19/h9-10H,1-8H2. The predicted molar refractivity (Wildman–Crippen MR) is 111 cm³/mol. The van der Waals surface area contributed by atoms with Crippen molar-refractivity contribution in [3.63, 3.8) is 0 Å². The van der Waals surface area contributed by atoms with Crippen LogP contribution in [0.2, 0.25) is 0 Å². The van der Waals surface area contributed by atoms with Crippen molar-refractivity contribution < 1.29 is 14.3 Å². The van der Waals surface area contributed by atoms with Gasteiger partial charge in [-0.05, 0) is 99.3 Å². The van der Waals surface area contributed by atoms with Crippen LogP contribution in [0.5, 0.6) is 0 Å². The Labute approximate surface area is 172 Å². The first-order chi connectivity index (χ1) is 10.6. The van der Waals surface area contributed by atoms with Gasteiger partial charge in [0.1, 0.15) is 0 Å². The lowest BCUT2D eigenvalue weighted by Gasteiger charge is -2.26. The number of hydrogen-bond acceptors (Lipinski definition) is 4. The number of carbonyl (C=O) groups excluding carboxylic acids is 1. The number of rotatable bonds is 6. The third-order valence-corrected chi connectivity index (χ3v) is 7.09. The molecule has 1 saturated heterocycles. The van der Waals surface area contributed by atoms with Crippen molar-refractivity contribution in [1.82, 2.24) is 4.90 Å². The number of esters is 1. The fourth-order valence-corrected chi connectivity index (χ4v) is 4.59. The lowest BCUT2D eigenvalue weighted by atomic mass is 10.2. The first-order valence-electron chi connectivity index (χ1n) is 7.19. The number of ether oxygens (including phenoxy) is 2. The molecule has 22 heavy (non-hydrogen) atoms. The van der Waals surface area contributed by atoms with Crippen LogP contribution in [0.25, 0.3) is 0 Å². The van der Waals surface area contributed by atoms with Gasteiger partial charge in [0.25, 0.3) is 0 Å². The zero-order valence-corrected chi connectivity index (χ0v) is 18.6. The van der Waals surface area contributed by atoms with E-state index >= 15 is 0 Å². The van der Waals surface area contributed by atoms with Crippen molar-refractivity contribution in [2.75, 3.05) is 39.5 Å². The molecule has 0 saturated carbocycles. The lowest BCUT2D eigenvalue weighted by Crippen LogP contribution is -2.36. The monoisotopic (exact) mass is 641 g/mol. The van der Waals surface area contributed by atoms with Gasteiger partial charge in [0.15, 0.2) is 0 Å². The van der Waals surface area contributed by atoms with E-state index < -0.39 is 0 Å². The Morgan fingerprint density at radius 2 is 1.91 bits per heavy atom. The molecule has 1 aromatic carbocycles. The van der Waals surface area contributed by atoms with Gasteiger partial charge in [-0.1, -0.05) is 0 Å². The van der Waals surface area contributed by atoms with E-state index in [2.05, 4.69) is 78.7 Å². The van der Waals surface area contributed by atoms with Gasteiger partial charge in [0.05, 0.1) is 25.4 Å². The SMILES string of the molecule is O=C(OCCCCN1CCOCC1)c1cc(I)cc(I)c1I. The van der Waals surface area contributed by atoms with Crippen LogP contribution in [0.4, 0.5) is 0 Å². The van der Waals surface area contributed by atoms with Crippen LogP contribution < -0.4 is 0 Å². The minimum absolute atomic E-state index is 0.216. The topological polar surface area (TPSA) is 38.8 Å². The summed E-state index contributed by atoms with van der Waals surface area (Å²) >= 11 is 6.68. The smallest absolute Gasteiger partial charge is 0.339 e. The first kappa shape index (κ1) is 19.1. The fraction of sp³-hybridized carbons (Fsp3) is 0.533. The quantitative estimate of drug-likeness (QED) is 0.206. The van der Waals surface area contributed by atoms with E-state index in [0.717, 1.165) is 56.4 Å². The number of morpholine rings is 1. The predicted octanol–water partition coefficient (Wildman–Crippen LogP) is 3.77. The summed E-state index contributed by atoms with van der Waals surface area (Å²) < 4.78 is 13.9. The Balaban J connectivity index is 1.71. The Hall–Kier alpha value is 0.800. The average Bonchev–Trinajstić information content (AvgIpc) is 2.51. The van der Waals surface area contributed by atoms with E-state index in [4.69, 9.17) is 9.47 Å². The van der Waals surface area contributed by atoms with E-state index in [1.54, 1.807) is 0 Å². The summed E-state index contributed by atoms with van der Waals surface area (Å²) in [7, 11) is 0. The summed E-state index contributed by atoms with van der Waals surface area (Å²) in [4.78, 5) is 14.6. The minimum Gasteiger partial charge on any atom is -0.462 e. The van der Waals surface area contributed by atoms with Gasteiger partial charge in [0.2, 0.25) is 0 Å². The molecular formula is C15H18I3NO3. The summed E-state index contributed by atoms with van der Waals surface area (Å²) in [5.74, 6) is -0.216. The van der Waals surface area contributed by atoms with Gasteiger partial charge in [0, 0.05) is 23.8 Å². The summed E-state index contributed by atoms with van der Waals surface area (Å²) in [6, 6.07) is 3.95. The second kappa shape index (κ2) is 9.94. The molecular weight excluding hydrogens is 623 g/mol. The summed E-state index contributed by atoms with van der Waals surface area (Å²) in [5, 5.41) is 0.